The van der Waals surface area contributed by atoms with Gasteiger partial charge in [0.05, 0.1) is 38.0 Å². The standard InChI is InChI=1S/C31H35Br2NO4S/c32-29-21-26(30(33)39-29)23-36-19-9-7-5-3-1-2-4-6-8-10-20-37-27-17-13-25(14-18-27)31(35)38-28-15-11-24(22-34)12-16-28/h11-18,21H,1-10,19-20,23H2. The summed E-state index contributed by atoms with van der Waals surface area (Å²) in [6.45, 7) is 2.19. The van der Waals surface area contributed by atoms with Gasteiger partial charge in [-0.2, -0.15) is 5.26 Å². The molecule has 0 N–H and O–H groups in total. The van der Waals surface area contributed by atoms with E-state index in [9.17, 15) is 4.79 Å². The summed E-state index contributed by atoms with van der Waals surface area (Å²) in [7, 11) is 0. The molecule has 0 spiro atoms. The van der Waals surface area contributed by atoms with Crippen LogP contribution >= 0.6 is 43.2 Å². The zero-order valence-corrected chi connectivity index (χ0v) is 26.1. The quantitative estimate of drug-likeness (QED) is 0.0762. The third kappa shape index (κ3) is 12.3. The molecule has 5 nitrogen and oxygen atoms in total. The summed E-state index contributed by atoms with van der Waals surface area (Å²) in [5.41, 5.74) is 2.19. The van der Waals surface area contributed by atoms with Gasteiger partial charge in [-0.15, -0.1) is 11.3 Å². The first-order valence-corrected chi connectivity index (χ1v) is 15.9. The predicted molar refractivity (Wildman–Crippen MR) is 164 cm³/mol. The molecular weight excluding hydrogens is 642 g/mol. The smallest absolute Gasteiger partial charge is 0.343 e. The lowest BCUT2D eigenvalue weighted by Gasteiger charge is -2.08. The molecule has 0 amide bonds. The molecule has 208 valence electrons. The van der Waals surface area contributed by atoms with E-state index in [4.69, 9.17) is 19.5 Å². The number of ether oxygens (including phenoxy) is 3. The van der Waals surface area contributed by atoms with Gasteiger partial charge >= 0.3 is 5.97 Å². The molecule has 1 aromatic heterocycles. The van der Waals surface area contributed by atoms with Crippen LogP contribution in [0.2, 0.25) is 0 Å². The molecular formula is C31H35Br2NO4S. The summed E-state index contributed by atoms with van der Waals surface area (Å²) in [6.07, 6.45) is 12.3. The molecule has 3 aromatic rings. The first kappa shape index (κ1) is 31.3. The van der Waals surface area contributed by atoms with Gasteiger partial charge in [0.15, 0.2) is 0 Å². The second kappa shape index (κ2) is 18.2. The van der Waals surface area contributed by atoms with Crippen LogP contribution in [-0.2, 0) is 11.3 Å². The van der Waals surface area contributed by atoms with Crippen molar-refractivity contribution >= 4 is 49.2 Å². The van der Waals surface area contributed by atoms with Crippen molar-refractivity contribution in [2.45, 2.75) is 70.8 Å². The number of unbranched alkanes of at least 4 members (excludes halogenated alkanes) is 9. The molecule has 2 aromatic carbocycles. The highest BCUT2D eigenvalue weighted by molar-refractivity contribution is 9.12. The van der Waals surface area contributed by atoms with Crippen LogP contribution in [0.4, 0.5) is 0 Å². The number of thiophene rings is 1. The van der Waals surface area contributed by atoms with Gasteiger partial charge in [0.25, 0.3) is 0 Å². The highest BCUT2D eigenvalue weighted by Gasteiger charge is 2.09. The van der Waals surface area contributed by atoms with E-state index < -0.39 is 5.97 Å². The summed E-state index contributed by atoms with van der Waals surface area (Å²) in [5.74, 6) is 0.725. The Kier molecular flexibility index (Phi) is 14.6. The maximum Gasteiger partial charge on any atom is 0.343 e. The maximum atomic E-state index is 12.3. The van der Waals surface area contributed by atoms with Crippen LogP contribution in [0, 0.1) is 11.3 Å². The van der Waals surface area contributed by atoms with E-state index in [0.29, 0.717) is 30.1 Å². The van der Waals surface area contributed by atoms with Crippen LogP contribution in [-0.4, -0.2) is 19.2 Å². The Hall–Kier alpha value is -2.18. The number of esters is 1. The molecule has 1 heterocycles. The van der Waals surface area contributed by atoms with Gasteiger partial charge in [-0.1, -0.05) is 51.4 Å². The molecule has 0 bridgehead atoms. The molecule has 0 aliphatic rings. The molecule has 0 aliphatic heterocycles. The number of nitriles is 1. The Bertz CT molecular complexity index is 1170. The normalized spacial score (nSPS) is 10.8. The Labute approximate surface area is 252 Å². The van der Waals surface area contributed by atoms with Gasteiger partial charge in [0.2, 0.25) is 0 Å². The Morgan fingerprint density at radius 1 is 0.769 bits per heavy atom. The average molecular weight is 677 g/mol. The monoisotopic (exact) mass is 675 g/mol. The highest BCUT2D eigenvalue weighted by Crippen LogP contribution is 2.32. The molecule has 3 rings (SSSR count). The third-order valence-corrected chi connectivity index (χ3v) is 8.68. The zero-order valence-electron chi connectivity index (χ0n) is 22.1. The molecule has 39 heavy (non-hydrogen) atoms. The Morgan fingerprint density at radius 3 is 1.90 bits per heavy atom. The summed E-state index contributed by atoms with van der Waals surface area (Å²) in [4.78, 5) is 12.3. The second-order valence-electron chi connectivity index (χ2n) is 9.34. The molecule has 8 heteroatoms. The molecule has 0 fully saturated rings. The van der Waals surface area contributed by atoms with Gasteiger partial charge in [-0.3, -0.25) is 0 Å². The van der Waals surface area contributed by atoms with E-state index in [1.165, 1.54) is 56.9 Å². The van der Waals surface area contributed by atoms with Crippen LogP contribution < -0.4 is 9.47 Å². The number of benzene rings is 2. The Morgan fingerprint density at radius 2 is 1.33 bits per heavy atom. The van der Waals surface area contributed by atoms with Crippen LogP contribution in [0.5, 0.6) is 11.5 Å². The van der Waals surface area contributed by atoms with E-state index in [1.54, 1.807) is 59.9 Å². The van der Waals surface area contributed by atoms with Crippen molar-refractivity contribution in [2.24, 2.45) is 0 Å². The van der Waals surface area contributed by atoms with E-state index in [0.717, 1.165) is 32.8 Å². The number of halogens is 2. The molecule has 0 atom stereocenters. The van der Waals surface area contributed by atoms with E-state index in [2.05, 4.69) is 37.9 Å². The lowest BCUT2D eigenvalue weighted by Crippen LogP contribution is -2.08. The third-order valence-electron chi connectivity index (χ3n) is 6.22. The fourth-order valence-corrected chi connectivity index (χ4v) is 6.80. The van der Waals surface area contributed by atoms with Crippen LogP contribution in [0.1, 0.15) is 85.7 Å². The van der Waals surface area contributed by atoms with Crippen LogP contribution in [0.3, 0.4) is 0 Å². The molecule has 0 saturated carbocycles. The minimum atomic E-state index is -0.438. The van der Waals surface area contributed by atoms with Crippen molar-refractivity contribution in [3.63, 3.8) is 0 Å². The fraction of sp³-hybridized carbons (Fsp3) is 0.419. The van der Waals surface area contributed by atoms with Crippen molar-refractivity contribution in [3.05, 3.63) is 78.9 Å². The number of carbonyl (C=O) groups is 1. The van der Waals surface area contributed by atoms with Crippen molar-refractivity contribution in [1.82, 2.24) is 0 Å². The average Bonchev–Trinajstić information content (AvgIpc) is 3.27. The van der Waals surface area contributed by atoms with Gasteiger partial charge in [-0.25, -0.2) is 4.79 Å². The molecule has 0 aliphatic carbocycles. The van der Waals surface area contributed by atoms with Crippen molar-refractivity contribution in [2.75, 3.05) is 13.2 Å². The molecule has 0 radical (unpaired) electrons. The van der Waals surface area contributed by atoms with Gasteiger partial charge in [-0.05, 0) is 99.3 Å². The summed E-state index contributed by atoms with van der Waals surface area (Å²) < 4.78 is 19.2. The van der Waals surface area contributed by atoms with Gasteiger partial charge < -0.3 is 14.2 Å². The van der Waals surface area contributed by atoms with Crippen LogP contribution in [0.15, 0.2) is 62.2 Å². The van der Waals surface area contributed by atoms with Crippen molar-refractivity contribution < 1.29 is 19.0 Å². The Balaban J connectivity index is 1.12. The SMILES string of the molecule is N#Cc1ccc(OC(=O)c2ccc(OCCCCCCCCCCCCOCc3cc(Br)sc3Br)cc2)cc1. The number of rotatable bonds is 18. The van der Waals surface area contributed by atoms with E-state index in [-0.39, 0.29) is 0 Å². The number of nitrogens with zero attached hydrogens (tertiary/aromatic N) is 1. The van der Waals surface area contributed by atoms with Gasteiger partial charge in [0.1, 0.15) is 11.5 Å². The lowest BCUT2D eigenvalue weighted by molar-refractivity contribution is 0.0734. The lowest BCUT2D eigenvalue weighted by atomic mass is 10.1. The van der Waals surface area contributed by atoms with Crippen molar-refractivity contribution in [3.8, 4) is 17.6 Å². The predicted octanol–water partition coefficient (Wildman–Crippen LogP) is 9.86. The first-order valence-electron chi connectivity index (χ1n) is 13.5. The summed E-state index contributed by atoms with van der Waals surface area (Å²) >= 11 is 8.76. The topological polar surface area (TPSA) is 68.5 Å². The maximum absolute atomic E-state index is 12.3. The van der Waals surface area contributed by atoms with Crippen molar-refractivity contribution in [1.29, 1.82) is 5.26 Å². The number of carbonyl (C=O) groups excluding carboxylic acids is 1. The molecule has 0 saturated heterocycles. The van der Waals surface area contributed by atoms with Gasteiger partial charge in [0, 0.05) is 12.2 Å². The second-order valence-corrected chi connectivity index (χ2v) is 13.1. The fourth-order valence-electron chi connectivity index (χ4n) is 4.02. The summed E-state index contributed by atoms with van der Waals surface area (Å²) in [6, 6.07) is 17.6. The largest absolute Gasteiger partial charge is 0.494 e. The highest BCUT2D eigenvalue weighted by atomic mass is 79.9. The first-order chi connectivity index (χ1) is 19.0. The minimum Gasteiger partial charge on any atom is -0.494 e. The van der Waals surface area contributed by atoms with E-state index in [1.807, 2.05) is 6.07 Å². The minimum absolute atomic E-state index is 0.410. The summed E-state index contributed by atoms with van der Waals surface area (Å²) in [5, 5.41) is 8.85. The molecule has 0 unspecified atom stereocenters. The van der Waals surface area contributed by atoms with Crippen LogP contribution in [0.25, 0.3) is 0 Å². The number of hydrogen-bond donors (Lipinski definition) is 0. The number of hydrogen-bond acceptors (Lipinski definition) is 6. The zero-order chi connectivity index (χ0) is 27.7. The van der Waals surface area contributed by atoms with E-state index >= 15 is 0 Å².